The zero-order valence-corrected chi connectivity index (χ0v) is 12.2. The second-order valence-corrected chi connectivity index (χ2v) is 5.09. The summed E-state index contributed by atoms with van der Waals surface area (Å²) in [6.45, 7) is 1.83. The molecule has 0 radical (unpaired) electrons. The van der Waals surface area contributed by atoms with Crippen molar-refractivity contribution in [1.82, 2.24) is 0 Å². The number of rotatable bonds is 2. The molecule has 16 heavy (non-hydrogen) atoms. The van der Waals surface area contributed by atoms with Crippen LogP contribution >= 0.6 is 43.5 Å². The van der Waals surface area contributed by atoms with E-state index in [0.29, 0.717) is 19.7 Å². The zero-order valence-electron chi connectivity index (χ0n) is 8.27. The SMILES string of the molecule is Cc1c(Cl)cc(Br)c(NC(=O)CC#N)c1Br. The average Bonchev–Trinajstić information content (AvgIpc) is 2.22. The molecule has 0 aliphatic heterocycles. The summed E-state index contributed by atoms with van der Waals surface area (Å²) in [5, 5.41) is 11.6. The van der Waals surface area contributed by atoms with Gasteiger partial charge in [0.25, 0.3) is 0 Å². The molecule has 0 atom stereocenters. The molecule has 0 spiro atoms. The summed E-state index contributed by atoms with van der Waals surface area (Å²) in [6, 6.07) is 3.48. The third-order valence-electron chi connectivity index (χ3n) is 1.90. The smallest absolute Gasteiger partial charge is 0.238 e. The van der Waals surface area contributed by atoms with Crippen LogP contribution < -0.4 is 5.32 Å². The van der Waals surface area contributed by atoms with Gasteiger partial charge in [-0.05, 0) is 50.4 Å². The Bertz CT molecular complexity index is 483. The fourth-order valence-electron chi connectivity index (χ4n) is 1.06. The predicted molar refractivity (Wildman–Crippen MR) is 70.4 cm³/mol. The van der Waals surface area contributed by atoms with Gasteiger partial charge in [-0.25, -0.2) is 0 Å². The standard InChI is InChI=1S/C10H7Br2ClN2O/c1-5-7(13)4-6(11)10(9(5)12)15-8(16)2-3-14/h4H,2H2,1H3,(H,15,16). The Kier molecular flexibility index (Phi) is 4.78. The van der Waals surface area contributed by atoms with Crippen molar-refractivity contribution >= 4 is 55.1 Å². The van der Waals surface area contributed by atoms with Gasteiger partial charge in [-0.3, -0.25) is 4.79 Å². The number of nitrogens with one attached hydrogen (secondary N) is 1. The summed E-state index contributed by atoms with van der Waals surface area (Å²) in [4.78, 5) is 11.3. The highest BCUT2D eigenvalue weighted by Crippen LogP contribution is 2.37. The largest absolute Gasteiger partial charge is 0.323 e. The number of nitrogens with zero attached hydrogens (tertiary/aromatic N) is 1. The van der Waals surface area contributed by atoms with Crippen LogP contribution in [0.15, 0.2) is 15.0 Å². The van der Waals surface area contributed by atoms with Crippen LogP contribution in [0, 0.1) is 18.3 Å². The molecule has 0 saturated heterocycles. The third kappa shape index (κ3) is 2.97. The molecule has 1 rings (SSSR count). The maximum Gasteiger partial charge on any atom is 0.238 e. The lowest BCUT2D eigenvalue weighted by atomic mass is 10.2. The van der Waals surface area contributed by atoms with E-state index in [4.69, 9.17) is 16.9 Å². The van der Waals surface area contributed by atoms with E-state index in [2.05, 4.69) is 37.2 Å². The van der Waals surface area contributed by atoms with Crippen LogP contribution in [0.1, 0.15) is 12.0 Å². The molecular weight excluding hydrogens is 359 g/mol. The van der Waals surface area contributed by atoms with Gasteiger partial charge in [0.1, 0.15) is 6.42 Å². The van der Waals surface area contributed by atoms with E-state index >= 15 is 0 Å². The first kappa shape index (κ1) is 13.5. The number of nitriles is 1. The summed E-state index contributed by atoms with van der Waals surface area (Å²) >= 11 is 12.6. The van der Waals surface area contributed by atoms with Crippen LogP contribution in [0.5, 0.6) is 0 Å². The summed E-state index contributed by atoms with van der Waals surface area (Å²) in [5.74, 6) is -0.356. The number of amides is 1. The number of hydrogen-bond acceptors (Lipinski definition) is 2. The molecule has 0 bridgehead atoms. The molecule has 0 aromatic heterocycles. The summed E-state index contributed by atoms with van der Waals surface area (Å²) in [7, 11) is 0. The number of halogens is 3. The van der Waals surface area contributed by atoms with Crippen LogP contribution in [-0.2, 0) is 4.79 Å². The molecule has 6 heteroatoms. The minimum atomic E-state index is -0.356. The van der Waals surface area contributed by atoms with E-state index in [9.17, 15) is 4.79 Å². The molecule has 1 N–H and O–H groups in total. The first-order valence-corrected chi connectivity index (χ1v) is 6.24. The quantitative estimate of drug-likeness (QED) is 0.859. The van der Waals surface area contributed by atoms with Crippen LogP contribution in [0.2, 0.25) is 5.02 Å². The number of benzene rings is 1. The van der Waals surface area contributed by atoms with Crippen molar-refractivity contribution < 1.29 is 4.79 Å². The highest BCUT2D eigenvalue weighted by Gasteiger charge is 2.13. The first-order valence-electron chi connectivity index (χ1n) is 4.28. The third-order valence-corrected chi connectivity index (χ3v) is 3.91. The molecule has 84 valence electrons. The van der Waals surface area contributed by atoms with E-state index in [-0.39, 0.29) is 12.3 Å². The minimum Gasteiger partial charge on any atom is -0.323 e. The fraction of sp³-hybridized carbons (Fsp3) is 0.200. The minimum absolute atomic E-state index is 0.180. The molecule has 0 heterocycles. The van der Waals surface area contributed by atoms with Crippen molar-refractivity contribution in [3.05, 3.63) is 25.6 Å². The lowest BCUT2D eigenvalue weighted by Gasteiger charge is -2.12. The maximum absolute atomic E-state index is 11.3. The summed E-state index contributed by atoms with van der Waals surface area (Å²) in [5.41, 5.74) is 1.42. The van der Waals surface area contributed by atoms with Crippen molar-refractivity contribution in [3.63, 3.8) is 0 Å². The van der Waals surface area contributed by atoms with E-state index in [1.165, 1.54) is 0 Å². The van der Waals surface area contributed by atoms with Gasteiger partial charge in [-0.2, -0.15) is 5.26 Å². The van der Waals surface area contributed by atoms with E-state index in [0.717, 1.165) is 5.56 Å². The van der Waals surface area contributed by atoms with Gasteiger partial charge in [-0.1, -0.05) is 11.6 Å². The number of carbonyl (C=O) groups is 1. The highest BCUT2D eigenvalue weighted by molar-refractivity contribution is 9.11. The Morgan fingerprint density at radius 3 is 2.81 bits per heavy atom. The number of carbonyl (C=O) groups excluding carboxylic acids is 1. The van der Waals surface area contributed by atoms with Crippen molar-refractivity contribution in [1.29, 1.82) is 5.26 Å². The first-order chi connectivity index (χ1) is 7.47. The Morgan fingerprint density at radius 2 is 2.25 bits per heavy atom. The Hall–Kier alpha value is -0.570. The van der Waals surface area contributed by atoms with E-state index in [1.807, 2.05) is 6.92 Å². The van der Waals surface area contributed by atoms with Gasteiger partial charge in [-0.15, -0.1) is 0 Å². The van der Waals surface area contributed by atoms with Gasteiger partial charge in [0.2, 0.25) is 5.91 Å². The second-order valence-electron chi connectivity index (χ2n) is 3.04. The van der Waals surface area contributed by atoms with Crippen LogP contribution in [0.4, 0.5) is 5.69 Å². The monoisotopic (exact) mass is 364 g/mol. The Morgan fingerprint density at radius 1 is 1.62 bits per heavy atom. The molecule has 0 aliphatic rings. The molecule has 0 saturated carbocycles. The molecular formula is C10H7Br2ClN2O. The normalized spacial score (nSPS) is 9.69. The molecule has 3 nitrogen and oxygen atoms in total. The van der Waals surface area contributed by atoms with Crippen molar-refractivity contribution in [2.24, 2.45) is 0 Å². The van der Waals surface area contributed by atoms with Gasteiger partial charge < -0.3 is 5.32 Å². The van der Waals surface area contributed by atoms with E-state index in [1.54, 1.807) is 12.1 Å². The van der Waals surface area contributed by atoms with Crippen molar-refractivity contribution in [2.75, 3.05) is 5.32 Å². The number of hydrogen-bond donors (Lipinski definition) is 1. The molecule has 1 aromatic rings. The Balaban J connectivity index is 3.11. The summed E-state index contributed by atoms with van der Waals surface area (Å²) in [6.07, 6.45) is -0.180. The van der Waals surface area contributed by atoms with Crippen LogP contribution in [-0.4, -0.2) is 5.91 Å². The maximum atomic E-state index is 11.3. The fourth-order valence-corrected chi connectivity index (χ4v) is 2.83. The lowest BCUT2D eigenvalue weighted by Crippen LogP contribution is -2.11. The van der Waals surface area contributed by atoms with Gasteiger partial charge in [0, 0.05) is 14.0 Å². The van der Waals surface area contributed by atoms with Gasteiger partial charge in [0.05, 0.1) is 11.8 Å². The molecule has 0 unspecified atom stereocenters. The van der Waals surface area contributed by atoms with Crippen molar-refractivity contribution in [3.8, 4) is 6.07 Å². The van der Waals surface area contributed by atoms with Crippen LogP contribution in [0.25, 0.3) is 0 Å². The molecule has 1 aromatic carbocycles. The van der Waals surface area contributed by atoms with Crippen LogP contribution in [0.3, 0.4) is 0 Å². The van der Waals surface area contributed by atoms with Gasteiger partial charge >= 0.3 is 0 Å². The second kappa shape index (κ2) is 5.67. The lowest BCUT2D eigenvalue weighted by molar-refractivity contribution is -0.115. The van der Waals surface area contributed by atoms with Crippen molar-refractivity contribution in [2.45, 2.75) is 13.3 Å². The number of anilines is 1. The summed E-state index contributed by atoms with van der Waals surface area (Å²) < 4.78 is 1.37. The zero-order chi connectivity index (χ0) is 12.3. The Labute approximate surface area is 115 Å². The highest BCUT2D eigenvalue weighted by atomic mass is 79.9. The molecule has 0 fully saturated rings. The molecule has 0 aliphatic carbocycles. The average molecular weight is 366 g/mol. The van der Waals surface area contributed by atoms with Gasteiger partial charge in [0.15, 0.2) is 0 Å². The predicted octanol–water partition coefficient (Wildman–Crippen LogP) is 4.03. The van der Waals surface area contributed by atoms with E-state index < -0.39 is 0 Å². The molecule has 1 amide bonds. The topological polar surface area (TPSA) is 52.9 Å².